The number of likely N-dealkylation sites (N-methyl/N-ethyl adjacent to an activating group) is 1. The van der Waals surface area contributed by atoms with Gasteiger partial charge >= 0.3 is 0 Å². The topological polar surface area (TPSA) is 87.4 Å². The van der Waals surface area contributed by atoms with Crippen molar-refractivity contribution < 1.29 is 4.92 Å². The third-order valence-electron chi connectivity index (χ3n) is 5.86. The lowest BCUT2D eigenvalue weighted by Crippen LogP contribution is -2.36. The molecule has 1 saturated heterocycles. The van der Waals surface area contributed by atoms with Crippen LogP contribution < -0.4 is 10.2 Å². The number of hydrogen-bond donors (Lipinski definition) is 1. The molecule has 2 aliphatic rings. The molecule has 160 valence electrons. The summed E-state index contributed by atoms with van der Waals surface area (Å²) in [6.45, 7) is 4.05. The number of nitro benzene ring substituents is 1. The molecule has 0 radical (unpaired) electrons. The first kappa shape index (κ1) is 20.8. The molecule has 0 spiro atoms. The molecular weight excluding hydrogens is 404 g/mol. The molecule has 1 aromatic heterocycles. The Morgan fingerprint density at radius 3 is 2.77 bits per heavy atom. The zero-order valence-electron chi connectivity index (χ0n) is 17.3. The number of hydrogen-bond acceptors (Lipinski definition) is 7. The lowest BCUT2D eigenvalue weighted by Gasteiger charge is -2.25. The van der Waals surface area contributed by atoms with Gasteiger partial charge in [0.1, 0.15) is 10.8 Å². The third-order valence-corrected chi connectivity index (χ3v) is 6.18. The van der Waals surface area contributed by atoms with Crippen molar-refractivity contribution in [3.63, 3.8) is 0 Å². The maximum absolute atomic E-state index is 11.2. The van der Waals surface area contributed by atoms with Crippen molar-refractivity contribution in [2.75, 3.05) is 30.4 Å². The average Bonchev–Trinajstić information content (AvgIpc) is 3.45. The summed E-state index contributed by atoms with van der Waals surface area (Å²) in [5.74, 6) is 1.36. The van der Waals surface area contributed by atoms with Gasteiger partial charge in [0.2, 0.25) is 5.95 Å². The van der Waals surface area contributed by atoms with Gasteiger partial charge < -0.3 is 10.2 Å². The lowest BCUT2D eigenvalue weighted by molar-refractivity contribution is -0.384. The number of nitrogens with one attached hydrogen (secondary N) is 1. The van der Waals surface area contributed by atoms with Crippen LogP contribution in [0.25, 0.3) is 0 Å². The van der Waals surface area contributed by atoms with Crippen molar-refractivity contribution in [3.8, 4) is 0 Å². The molecule has 30 heavy (non-hydrogen) atoms. The van der Waals surface area contributed by atoms with Crippen molar-refractivity contribution in [1.82, 2.24) is 14.9 Å². The van der Waals surface area contributed by atoms with Crippen LogP contribution in [0.4, 0.5) is 23.1 Å². The van der Waals surface area contributed by atoms with E-state index in [4.69, 9.17) is 16.6 Å². The predicted molar refractivity (Wildman–Crippen MR) is 119 cm³/mol. The Kier molecular flexibility index (Phi) is 6.06. The molecule has 1 N–H and O–H groups in total. The number of halogens is 1. The van der Waals surface area contributed by atoms with Crippen LogP contribution >= 0.6 is 11.6 Å². The summed E-state index contributed by atoms with van der Waals surface area (Å²) in [4.78, 5) is 24.9. The van der Waals surface area contributed by atoms with Crippen LogP contribution in [0.3, 0.4) is 0 Å². The first-order valence-corrected chi connectivity index (χ1v) is 10.9. The Bertz CT molecular complexity index is 936. The molecule has 0 bridgehead atoms. The molecule has 1 atom stereocenters. The quantitative estimate of drug-likeness (QED) is 0.490. The van der Waals surface area contributed by atoms with E-state index in [0.29, 0.717) is 17.7 Å². The number of benzene rings is 1. The Balaban J connectivity index is 1.56. The minimum atomic E-state index is -0.492. The van der Waals surface area contributed by atoms with Gasteiger partial charge in [0, 0.05) is 48.7 Å². The van der Waals surface area contributed by atoms with Crippen LogP contribution in [0.1, 0.15) is 38.3 Å². The average molecular weight is 431 g/mol. The first-order chi connectivity index (χ1) is 14.4. The minimum Gasteiger partial charge on any atom is -0.355 e. The SMILES string of the molecule is CCCc1cc(N2CC[C@H](N(C)C3CC3)C2)nc(Nc2ccc(Cl)c([N+](=O)[O-])c2)n1. The summed E-state index contributed by atoms with van der Waals surface area (Å²) < 4.78 is 0. The highest BCUT2D eigenvalue weighted by Crippen LogP contribution is 2.32. The predicted octanol–water partition coefficient (Wildman–Crippen LogP) is 4.41. The van der Waals surface area contributed by atoms with Crippen molar-refractivity contribution in [2.45, 2.75) is 51.1 Å². The molecule has 1 saturated carbocycles. The summed E-state index contributed by atoms with van der Waals surface area (Å²) in [6.07, 6.45) is 5.58. The number of aryl methyl sites for hydroxylation is 1. The van der Waals surface area contributed by atoms with E-state index < -0.39 is 4.92 Å². The van der Waals surface area contributed by atoms with Gasteiger partial charge in [-0.2, -0.15) is 4.98 Å². The molecule has 4 rings (SSSR count). The Hall–Kier alpha value is -2.45. The van der Waals surface area contributed by atoms with Gasteiger partial charge in [-0.25, -0.2) is 4.98 Å². The smallest absolute Gasteiger partial charge is 0.289 e. The summed E-state index contributed by atoms with van der Waals surface area (Å²) in [5, 5.41) is 14.4. The van der Waals surface area contributed by atoms with Gasteiger partial charge in [-0.1, -0.05) is 24.9 Å². The van der Waals surface area contributed by atoms with Crippen LogP contribution in [0.5, 0.6) is 0 Å². The monoisotopic (exact) mass is 430 g/mol. The molecular formula is C21H27ClN6O2. The van der Waals surface area contributed by atoms with E-state index in [9.17, 15) is 10.1 Å². The molecule has 2 aromatic rings. The molecule has 0 amide bonds. The second kappa shape index (κ2) is 8.73. The minimum absolute atomic E-state index is 0.106. The molecule has 2 heterocycles. The van der Waals surface area contributed by atoms with Crippen LogP contribution in [0.2, 0.25) is 5.02 Å². The first-order valence-electron chi connectivity index (χ1n) is 10.5. The Morgan fingerprint density at radius 2 is 2.07 bits per heavy atom. The van der Waals surface area contributed by atoms with Crippen LogP contribution in [0, 0.1) is 10.1 Å². The van der Waals surface area contributed by atoms with Crippen molar-refractivity contribution in [1.29, 1.82) is 0 Å². The normalized spacial score (nSPS) is 18.8. The van der Waals surface area contributed by atoms with E-state index in [1.807, 2.05) is 0 Å². The largest absolute Gasteiger partial charge is 0.355 e. The van der Waals surface area contributed by atoms with Gasteiger partial charge in [0.25, 0.3) is 5.69 Å². The number of anilines is 3. The van der Waals surface area contributed by atoms with E-state index in [1.165, 1.54) is 25.0 Å². The maximum atomic E-state index is 11.2. The second-order valence-electron chi connectivity index (χ2n) is 8.12. The molecule has 0 unspecified atom stereocenters. The van der Waals surface area contributed by atoms with E-state index in [0.717, 1.165) is 49.9 Å². The van der Waals surface area contributed by atoms with E-state index in [-0.39, 0.29) is 10.7 Å². The Labute approximate surface area is 181 Å². The Morgan fingerprint density at radius 1 is 1.27 bits per heavy atom. The molecule has 1 aliphatic carbocycles. The zero-order valence-corrected chi connectivity index (χ0v) is 18.1. The molecule has 1 aliphatic heterocycles. The van der Waals surface area contributed by atoms with Gasteiger partial charge in [0.05, 0.1) is 4.92 Å². The lowest BCUT2D eigenvalue weighted by atomic mass is 10.2. The van der Waals surface area contributed by atoms with Gasteiger partial charge in [-0.05, 0) is 44.9 Å². The number of nitro groups is 1. The fourth-order valence-electron chi connectivity index (χ4n) is 4.01. The van der Waals surface area contributed by atoms with Crippen molar-refractivity contribution in [2.24, 2.45) is 0 Å². The number of nitrogens with zero attached hydrogens (tertiary/aromatic N) is 5. The summed E-state index contributed by atoms with van der Waals surface area (Å²) in [7, 11) is 2.23. The van der Waals surface area contributed by atoms with E-state index in [2.05, 4.69) is 40.1 Å². The fourth-order valence-corrected chi connectivity index (χ4v) is 4.19. The number of aromatic nitrogens is 2. The third kappa shape index (κ3) is 4.65. The van der Waals surface area contributed by atoms with Crippen LogP contribution in [-0.4, -0.2) is 52.0 Å². The highest BCUT2D eigenvalue weighted by Gasteiger charge is 2.35. The fraction of sp³-hybridized carbons (Fsp3) is 0.524. The van der Waals surface area contributed by atoms with E-state index in [1.54, 1.807) is 6.07 Å². The maximum Gasteiger partial charge on any atom is 0.289 e. The van der Waals surface area contributed by atoms with Gasteiger partial charge in [0.15, 0.2) is 0 Å². The standard InChI is InChI=1S/C21H27ClN6O2/c1-3-4-14-12-20(27-10-9-17(13-27)26(2)16-6-7-16)25-21(23-14)24-15-5-8-18(22)19(11-15)28(29)30/h5,8,11-12,16-17H,3-4,6-7,9-10,13H2,1-2H3,(H,23,24,25)/t17-/m0/s1. The molecule has 2 fully saturated rings. The molecule has 9 heteroatoms. The van der Waals surface area contributed by atoms with Crippen molar-refractivity contribution in [3.05, 3.63) is 45.1 Å². The highest BCUT2D eigenvalue weighted by atomic mass is 35.5. The van der Waals surface area contributed by atoms with Gasteiger partial charge in [-0.3, -0.25) is 15.0 Å². The molecule has 1 aromatic carbocycles. The zero-order chi connectivity index (χ0) is 21.3. The summed E-state index contributed by atoms with van der Waals surface area (Å²) in [5.41, 5.74) is 1.36. The summed E-state index contributed by atoms with van der Waals surface area (Å²) >= 11 is 5.93. The van der Waals surface area contributed by atoms with Crippen LogP contribution in [0.15, 0.2) is 24.3 Å². The van der Waals surface area contributed by atoms with Gasteiger partial charge in [-0.15, -0.1) is 0 Å². The van der Waals surface area contributed by atoms with E-state index >= 15 is 0 Å². The number of rotatable bonds is 8. The van der Waals surface area contributed by atoms with Crippen molar-refractivity contribution >= 4 is 34.7 Å². The second-order valence-corrected chi connectivity index (χ2v) is 8.53. The molecule has 8 nitrogen and oxygen atoms in total. The summed E-state index contributed by atoms with van der Waals surface area (Å²) in [6, 6.07) is 7.98. The highest BCUT2D eigenvalue weighted by molar-refractivity contribution is 6.32. The van der Waals surface area contributed by atoms with Crippen LogP contribution in [-0.2, 0) is 6.42 Å².